The highest BCUT2D eigenvalue weighted by Crippen LogP contribution is 2.30. The lowest BCUT2D eigenvalue weighted by molar-refractivity contribution is 0.306. The molecule has 0 spiro atoms. The predicted molar refractivity (Wildman–Crippen MR) is 143 cm³/mol. The van der Waals surface area contributed by atoms with Crippen molar-refractivity contribution in [2.45, 2.75) is 13.0 Å². The second-order valence-electron chi connectivity index (χ2n) is 8.54. The number of methoxy groups -OCH3 is 1. The third-order valence-electron chi connectivity index (χ3n) is 5.71. The number of nitrogens with one attached hydrogen (secondary N) is 1. The van der Waals surface area contributed by atoms with E-state index in [4.69, 9.17) is 20.2 Å². The molecular weight excluding hydrogens is 476 g/mol. The zero-order valence-corrected chi connectivity index (χ0v) is 21.2. The SMILES string of the molecule is COc1cc2nc(-c3ccc(OCc4ccccc4)cc3)nc(N)c2cc1CCNCCS(C)(=O)=O. The van der Waals surface area contributed by atoms with Crippen LogP contribution < -0.4 is 20.5 Å². The molecule has 4 rings (SSSR count). The van der Waals surface area contributed by atoms with E-state index in [1.807, 2.05) is 66.7 Å². The first-order valence-electron chi connectivity index (χ1n) is 11.6. The molecule has 8 nitrogen and oxygen atoms in total. The first kappa shape index (κ1) is 25.4. The second-order valence-corrected chi connectivity index (χ2v) is 10.8. The van der Waals surface area contributed by atoms with Gasteiger partial charge in [-0.1, -0.05) is 30.3 Å². The lowest BCUT2D eigenvalue weighted by Gasteiger charge is -2.13. The van der Waals surface area contributed by atoms with E-state index >= 15 is 0 Å². The number of hydrogen-bond donors (Lipinski definition) is 2. The number of hydrogen-bond acceptors (Lipinski definition) is 8. The van der Waals surface area contributed by atoms with Gasteiger partial charge in [-0.3, -0.25) is 0 Å². The largest absolute Gasteiger partial charge is 0.496 e. The Morgan fingerprint density at radius 2 is 1.72 bits per heavy atom. The van der Waals surface area contributed by atoms with Crippen LogP contribution in [0, 0.1) is 0 Å². The molecule has 0 unspecified atom stereocenters. The van der Waals surface area contributed by atoms with Crippen molar-refractivity contribution in [1.29, 1.82) is 0 Å². The lowest BCUT2D eigenvalue weighted by Crippen LogP contribution is -2.24. The summed E-state index contributed by atoms with van der Waals surface area (Å²) in [6.45, 7) is 1.50. The Morgan fingerprint density at radius 1 is 0.972 bits per heavy atom. The van der Waals surface area contributed by atoms with Crippen molar-refractivity contribution in [3.05, 3.63) is 77.9 Å². The number of benzene rings is 3. The number of nitrogen functional groups attached to an aromatic ring is 1. The Kier molecular flexibility index (Phi) is 8.02. The van der Waals surface area contributed by atoms with Gasteiger partial charge in [-0.25, -0.2) is 18.4 Å². The van der Waals surface area contributed by atoms with Gasteiger partial charge in [0.05, 0.1) is 18.4 Å². The normalized spacial score (nSPS) is 11.5. The highest BCUT2D eigenvalue weighted by atomic mass is 32.2. The Hall–Kier alpha value is -3.69. The molecule has 1 aromatic heterocycles. The van der Waals surface area contributed by atoms with E-state index in [2.05, 4.69) is 10.3 Å². The molecule has 188 valence electrons. The quantitative estimate of drug-likeness (QED) is 0.296. The van der Waals surface area contributed by atoms with Gasteiger partial charge in [0.2, 0.25) is 0 Å². The fourth-order valence-electron chi connectivity index (χ4n) is 3.79. The second kappa shape index (κ2) is 11.4. The van der Waals surface area contributed by atoms with Crippen LogP contribution in [0.1, 0.15) is 11.1 Å². The number of nitrogens with two attached hydrogens (primary N) is 1. The summed E-state index contributed by atoms with van der Waals surface area (Å²) >= 11 is 0. The summed E-state index contributed by atoms with van der Waals surface area (Å²) in [6, 6.07) is 21.4. The lowest BCUT2D eigenvalue weighted by atomic mass is 10.1. The topological polar surface area (TPSA) is 116 Å². The van der Waals surface area contributed by atoms with Crippen molar-refractivity contribution in [2.75, 3.05) is 37.9 Å². The fraction of sp³-hybridized carbons (Fsp3) is 0.259. The van der Waals surface area contributed by atoms with Crippen LogP contribution in [0.5, 0.6) is 11.5 Å². The number of fused-ring (bicyclic) bond motifs is 1. The molecule has 0 amide bonds. The van der Waals surface area contributed by atoms with Crippen molar-refractivity contribution in [3.63, 3.8) is 0 Å². The summed E-state index contributed by atoms with van der Waals surface area (Å²) in [7, 11) is -1.38. The number of ether oxygens (including phenoxy) is 2. The molecule has 0 bridgehead atoms. The molecule has 0 saturated heterocycles. The first-order chi connectivity index (χ1) is 17.3. The third-order valence-corrected chi connectivity index (χ3v) is 6.65. The van der Waals surface area contributed by atoms with Gasteiger partial charge in [0.25, 0.3) is 0 Å². The Morgan fingerprint density at radius 3 is 2.42 bits per heavy atom. The van der Waals surface area contributed by atoms with Crippen molar-refractivity contribution in [2.24, 2.45) is 0 Å². The van der Waals surface area contributed by atoms with Crippen LogP contribution in [-0.4, -0.2) is 50.6 Å². The summed E-state index contributed by atoms with van der Waals surface area (Å²) < 4.78 is 34.0. The van der Waals surface area contributed by atoms with Crippen LogP contribution in [0.15, 0.2) is 66.7 Å². The maximum absolute atomic E-state index is 11.3. The minimum absolute atomic E-state index is 0.103. The van der Waals surface area contributed by atoms with E-state index in [0.29, 0.717) is 49.0 Å². The van der Waals surface area contributed by atoms with Gasteiger partial charge >= 0.3 is 0 Å². The molecule has 0 fully saturated rings. The standard InChI is InChI=1S/C27H30N4O4S/c1-34-25-17-24-23(16-21(25)12-13-29-14-15-36(2,32)33)26(28)31-27(30-24)20-8-10-22(11-9-20)35-18-19-6-4-3-5-7-19/h3-11,16-17,29H,12-15,18H2,1-2H3,(H2,28,30,31). The van der Waals surface area contributed by atoms with Gasteiger partial charge in [0, 0.05) is 29.8 Å². The maximum Gasteiger partial charge on any atom is 0.162 e. The molecule has 36 heavy (non-hydrogen) atoms. The Labute approximate surface area is 211 Å². The molecule has 0 aliphatic carbocycles. The highest BCUT2D eigenvalue weighted by molar-refractivity contribution is 7.90. The van der Waals surface area contributed by atoms with Gasteiger partial charge in [-0.15, -0.1) is 0 Å². The molecule has 1 heterocycles. The summed E-state index contributed by atoms with van der Waals surface area (Å²) in [6.07, 6.45) is 1.88. The van der Waals surface area contributed by atoms with Crippen LogP contribution >= 0.6 is 0 Å². The summed E-state index contributed by atoms with van der Waals surface area (Å²) in [5, 5.41) is 3.89. The molecule has 3 aromatic carbocycles. The van der Waals surface area contributed by atoms with E-state index in [-0.39, 0.29) is 5.75 Å². The van der Waals surface area contributed by atoms with Crippen molar-refractivity contribution in [1.82, 2.24) is 15.3 Å². The van der Waals surface area contributed by atoms with E-state index in [1.54, 1.807) is 7.11 Å². The summed E-state index contributed by atoms with van der Waals surface area (Å²) in [5.74, 6) is 2.46. The van der Waals surface area contributed by atoms with Crippen molar-refractivity contribution < 1.29 is 17.9 Å². The van der Waals surface area contributed by atoms with Gasteiger partial charge < -0.3 is 20.5 Å². The molecule has 0 atom stereocenters. The van der Waals surface area contributed by atoms with Gasteiger partial charge in [-0.2, -0.15) is 0 Å². The van der Waals surface area contributed by atoms with Crippen molar-refractivity contribution in [3.8, 4) is 22.9 Å². The zero-order valence-electron chi connectivity index (χ0n) is 20.4. The van der Waals surface area contributed by atoms with Crippen LogP contribution in [-0.2, 0) is 22.9 Å². The third kappa shape index (κ3) is 6.71. The molecular formula is C27H30N4O4S. The van der Waals surface area contributed by atoms with Gasteiger partial charge in [0.15, 0.2) is 5.82 Å². The summed E-state index contributed by atoms with van der Waals surface area (Å²) in [4.78, 5) is 9.25. The molecule has 0 saturated carbocycles. The summed E-state index contributed by atoms with van der Waals surface area (Å²) in [5.41, 5.74) is 9.88. The number of nitrogens with zero attached hydrogens (tertiary/aromatic N) is 2. The highest BCUT2D eigenvalue weighted by Gasteiger charge is 2.13. The Bertz CT molecular complexity index is 1430. The van der Waals surface area contributed by atoms with Crippen LogP contribution in [0.25, 0.3) is 22.3 Å². The molecule has 3 N–H and O–H groups in total. The molecule has 0 radical (unpaired) electrons. The average Bonchev–Trinajstić information content (AvgIpc) is 2.87. The van der Waals surface area contributed by atoms with Gasteiger partial charge in [0.1, 0.15) is 33.8 Å². The minimum atomic E-state index is -2.99. The van der Waals surface area contributed by atoms with Crippen LogP contribution in [0.4, 0.5) is 5.82 Å². The smallest absolute Gasteiger partial charge is 0.162 e. The number of anilines is 1. The average molecular weight is 507 g/mol. The van der Waals surface area contributed by atoms with Gasteiger partial charge in [-0.05, 0) is 54.4 Å². The van der Waals surface area contributed by atoms with E-state index in [1.165, 1.54) is 6.26 Å². The molecule has 9 heteroatoms. The van der Waals surface area contributed by atoms with E-state index in [0.717, 1.165) is 27.8 Å². The molecule has 4 aromatic rings. The zero-order chi connectivity index (χ0) is 25.5. The van der Waals surface area contributed by atoms with E-state index < -0.39 is 9.84 Å². The van der Waals surface area contributed by atoms with E-state index in [9.17, 15) is 8.42 Å². The Balaban J connectivity index is 1.48. The van der Waals surface area contributed by atoms with Crippen molar-refractivity contribution >= 4 is 26.6 Å². The van der Waals surface area contributed by atoms with Crippen LogP contribution in [0.2, 0.25) is 0 Å². The predicted octanol–water partition coefficient (Wildman–Crippen LogP) is 3.64. The number of rotatable bonds is 11. The number of aromatic nitrogens is 2. The molecule has 0 aliphatic heterocycles. The van der Waals surface area contributed by atoms with Crippen LogP contribution in [0.3, 0.4) is 0 Å². The monoisotopic (exact) mass is 506 g/mol. The maximum atomic E-state index is 11.3. The fourth-order valence-corrected chi connectivity index (χ4v) is 4.30. The number of sulfone groups is 1. The first-order valence-corrected chi connectivity index (χ1v) is 13.7. The minimum Gasteiger partial charge on any atom is -0.496 e. The molecule has 0 aliphatic rings.